The largest absolute Gasteiger partial charge is 0.469 e. The molecule has 214 valence electrons. The Bertz CT molecular complexity index is 1070. The molecule has 1 N–H and O–H groups in total. The molecule has 2 aromatic carbocycles. The number of hydrogen-bond donors (Lipinski definition) is 1. The van der Waals surface area contributed by atoms with Crippen molar-refractivity contribution in [1.29, 1.82) is 0 Å². The van der Waals surface area contributed by atoms with Gasteiger partial charge in [0.15, 0.2) is 6.23 Å². The molecule has 0 radical (unpaired) electrons. The van der Waals surface area contributed by atoms with E-state index in [9.17, 15) is 9.59 Å². The number of carbonyl (C=O) groups is 2. The molecular weight excluding hydrogens is 490 g/mol. The van der Waals surface area contributed by atoms with Crippen LogP contribution in [0.15, 0.2) is 48.5 Å². The van der Waals surface area contributed by atoms with Gasteiger partial charge >= 0.3 is 6.03 Å². The van der Waals surface area contributed by atoms with Crippen molar-refractivity contribution >= 4 is 11.9 Å². The minimum atomic E-state index is -0.722. The number of methoxy groups -OCH3 is 1. The van der Waals surface area contributed by atoms with Crippen molar-refractivity contribution in [3.63, 3.8) is 0 Å². The van der Waals surface area contributed by atoms with Gasteiger partial charge in [0.05, 0.1) is 18.7 Å². The second-order valence-corrected chi connectivity index (χ2v) is 10.7. The zero-order valence-electron chi connectivity index (χ0n) is 24.8. The number of hydrogen-bond acceptors (Lipinski definition) is 5. The molecule has 0 bridgehead atoms. The molecule has 1 heterocycles. The number of nitrogens with zero attached hydrogens (tertiary/aromatic N) is 2. The van der Waals surface area contributed by atoms with Crippen LogP contribution in [0.3, 0.4) is 0 Å². The number of ether oxygens (including phenoxy) is 2. The molecule has 7 nitrogen and oxygen atoms in total. The number of amides is 3. The molecule has 39 heavy (non-hydrogen) atoms. The molecule has 1 aliphatic rings. The van der Waals surface area contributed by atoms with Crippen LogP contribution in [0.4, 0.5) is 4.79 Å². The molecule has 1 fully saturated rings. The van der Waals surface area contributed by atoms with E-state index in [0.717, 1.165) is 36.9 Å². The standard InChI is InChI=1S/C32H47N3O4/c1-8-12-27(24-15-13-23(5)14-16-24)33-31(37)35-29(36)32(10-3,11-4)30(35)39-26-19-17-25(18-20-26)28(22-38-7)34(6)21-9-2/h13-20,27-28,30H,8-12,21-22H2,1-7H3,(H,33,37)/t27-,28-,30+/m1/s1. The van der Waals surface area contributed by atoms with Crippen LogP contribution < -0.4 is 10.1 Å². The molecule has 0 spiro atoms. The summed E-state index contributed by atoms with van der Waals surface area (Å²) in [5, 5.41) is 3.12. The molecule has 0 aliphatic carbocycles. The molecule has 2 aromatic rings. The van der Waals surface area contributed by atoms with E-state index < -0.39 is 17.7 Å². The lowest BCUT2D eigenvalue weighted by atomic mass is 9.72. The van der Waals surface area contributed by atoms with E-state index in [1.807, 2.05) is 69.3 Å². The number of likely N-dealkylation sites (tertiary alicyclic amines) is 1. The lowest BCUT2D eigenvalue weighted by Crippen LogP contribution is -2.73. The van der Waals surface area contributed by atoms with E-state index in [4.69, 9.17) is 9.47 Å². The summed E-state index contributed by atoms with van der Waals surface area (Å²) in [6.45, 7) is 11.8. The Kier molecular flexibility index (Phi) is 11.0. The summed E-state index contributed by atoms with van der Waals surface area (Å²) in [5.41, 5.74) is 2.61. The lowest BCUT2D eigenvalue weighted by molar-refractivity contribution is -0.191. The van der Waals surface area contributed by atoms with Gasteiger partial charge in [-0.1, -0.05) is 76.1 Å². The zero-order chi connectivity index (χ0) is 28.6. The number of nitrogens with one attached hydrogen (secondary N) is 1. The van der Waals surface area contributed by atoms with Crippen molar-refractivity contribution < 1.29 is 19.1 Å². The summed E-state index contributed by atoms with van der Waals surface area (Å²) in [4.78, 5) is 30.5. The van der Waals surface area contributed by atoms with Gasteiger partial charge in [-0.25, -0.2) is 9.69 Å². The van der Waals surface area contributed by atoms with E-state index in [1.54, 1.807) is 7.11 Å². The van der Waals surface area contributed by atoms with Crippen LogP contribution in [0.25, 0.3) is 0 Å². The van der Waals surface area contributed by atoms with Gasteiger partial charge < -0.3 is 14.8 Å². The Labute approximate surface area is 234 Å². The summed E-state index contributed by atoms with van der Waals surface area (Å²) in [5.74, 6) is 0.463. The fourth-order valence-corrected chi connectivity index (χ4v) is 5.57. The first kappa shape index (κ1) is 30.6. The number of β-lactam (4-membered cyclic amide) rings is 1. The Hall–Kier alpha value is -2.90. The third kappa shape index (κ3) is 6.64. The molecule has 0 unspecified atom stereocenters. The average Bonchev–Trinajstić information content (AvgIpc) is 2.93. The van der Waals surface area contributed by atoms with E-state index >= 15 is 0 Å². The smallest absolute Gasteiger partial charge is 0.327 e. The van der Waals surface area contributed by atoms with Gasteiger partial charge in [-0.2, -0.15) is 0 Å². The number of imide groups is 1. The van der Waals surface area contributed by atoms with Crippen LogP contribution in [0.5, 0.6) is 5.75 Å². The SMILES string of the molecule is CCC[C@@H](NC(=O)N1C(=O)C(CC)(CC)[C@@H]1Oc1ccc([C@@H](COC)N(C)CCC)cc1)c1ccc(C)cc1. The maximum absolute atomic E-state index is 13.5. The number of likely N-dealkylation sites (N-methyl/N-ethyl adjacent to an activating group) is 1. The molecular formula is C32H47N3O4. The molecule has 1 saturated heterocycles. The van der Waals surface area contributed by atoms with Crippen molar-refractivity contribution in [2.75, 3.05) is 27.3 Å². The first-order valence-electron chi connectivity index (χ1n) is 14.4. The van der Waals surface area contributed by atoms with Gasteiger partial charge in [-0.05, 0) is 69.5 Å². The highest BCUT2D eigenvalue weighted by molar-refractivity contribution is 6.03. The van der Waals surface area contributed by atoms with Gasteiger partial charge in [0.25, 0.3) is 0 Å². The third-order valence-electron chi connectivity index (χ3n) is 8.13. The van der Waals surface area contributed by atoms with Crippen LogP contribution >= 0.6 is 0 Å². The number of aryl methyl sites for hydroxylation is 1. The van der Waals surface area contributed by atoms with Gasteiger partial charge in [0.1, 0.15) is 11.2 Å². The minimum Gasteiger partial charge on any atom is -0.469 e. The maximum atomic E-state index is 13.5. The molecule has 1 aliphatic heterocycles. The first-order valence-corrected chi connectivity index (χ1v) is 14.4. The number of urea groups is 1. The second kappa shape index (κ2) is 13.9. The van der Waals surface area contributed by atoms with E-state index in [-0.39, 0.29) is 18.0 Å². The van der Waals surface area contributed by atoms with Gasteiger partial charge in [0.2, 0.25) is 5.91 Å². The van der Waals surface area contributed by atoms with Crippen LogP contribution in [0.1, 0.15) is 88.6 Å². The number of benzene rings is 2. The van der Waals surface area contributed by atoms with Crippen LogP contribution in [0.2, 0.25) is 0 Å². The van der Waals surface area contributed by atoms with Crippen molar-refractivity contribution in [2.24, 2.45) is 5.41 Å². The summed E-state index contributed by atoms with van der Waals surface area (Å²) in [6.07, 6.45) is 3.29. The topological polar surface area (TPSA) is 71.1 Å². The Balaban J connectivity index is 1.81. The van der Waals surface area contributed by atoms with Gasteiger partial charge in [-0.3, -0.25) is 9.69 Å². The highest BCUT2D eigenvalue weighted by Gasteiger charge is 2.63. The summed E-state index contributed by atoms with van der Waals surface area (Å²) in [6, 6.07) is 15.7. The first-order chi connectivity index (χ1) is 18.8. The molecule has 7 heteroatoms. The summed E-state index contributed by atoms with van der Waals surface area (Å²) in [7, 11) is 3.82. The van der Waals surface area contributed by atoms with Crippen molar-refractivity contribution in [3.8, 4) is 5.75 Å². The molecule has 0 aromatic heterocycles. The minimum absolute atomic E-state index is 0.138. The fraction of sp³-hybridized carbons (Fsp3) is 0.562. The Morgan fingerprint density at radius 3 is 2.15 bits per heavy atom. The normalized spacial score (nSPS) is 18.0. The summed E-state index contributed by atoms with van der Waals surface area (Å²) < 4.78 is 11.9. The zero-order valence-corrected chi connectivity index (χ0v) is 24.8. The highest BCUT2D eigenvalue weighted by Crippen LogP contribution is 2.46. The molecule has 3 rings (SSSR count). The maximum Gasteiger partial charge on any atom is 0.327 e. The third-order valence-corrected chi connectivity index (χ3v) is 8.13. The van der Waals surface area contributed by atoms with E-state index in [0.29, 0.717) is 25.2 Å². The average molecular weight is 538 g/mol. The Morgan fingerprint density at radius 2 is 1.62 bits per heavy atom. The van der Waals surface area contributed by atoms with Crippen LogP contribution in [-0.2, 0) is 9.53 Å². The second-order valence-electron chi connectivity index (χ2n) is 10.7. The monoisotopic (exact) mass is 537 g/mol. The van der Waals surface area contributed by atoms with Gasteiger partial charge in [-0.15, -0.1) is 0 Å². The highest BCUT2D eigenvalue weighted by atomic mass is 16.5. The van der Waals surface area contributed by atoms with Crippen molar-refractivity contribution in [1.82, 2.24) is 15.1 Å². The van der Waals surface area contributed by atoms with E-state index in [1.165, 1.54) is 10.5 Å². The molecule has 3 atom stereocenters. The Morgan fingerprint density at radius 1 is 1.00 bits per heavy atom. The number of carbonyl (C=O) groups excluding carboxylic acids is 2. The van der Waals surface area contributed by atoms with Crippen molar-refractivity contribution in [3.05, 3.63) is 65.2 Å². The molecule has 0 saturated carbocycles. The van der Waals surface area contributed by atoms with Crippen LogP contribution in [0, 0.1) is 12.3 Å². The van der Waals surface area contributed by atoms with Crippen molar-refractivity contribution in [2.45, 2.75) is 85.0 Å². The predicted molar refractivity (Wildman–Crippen MR) is 156 cm³/mol. The van der Waals surface area contributed by atoms with E-state index in [2.05, 4.69) is 31.1 Å². The number of rotatable bonds is 14. The van der Waals surface area contributed by atoms with Crippen LogP contribution in [-0.4, -0.2) is 55.3 Å². The predicted octanol–water partition coefficient (Wildman–Crippen LogP) is 6.63. The lowest BCUT2D eigenvalue weighted by Gasteiger charge is -2.53. The fourth-order valence-electron chi connectivity index (χ4n) is 5.57. The van der Waals surface area contributed by atoms with Gasteiger partial charge in [0, 0.05) is 7.11 Å². The quantitative estimate of drug-likeness (QED) is 0.274. The molecule has 3 amide bonds. The summed E-state index contributed by atoms with van der Waals surface area (Å²) >= 11 is 0.